The molecule has 4 nitrogen and oxygen atoms in total. The fourth-order valence-electron chi connectivity index (χ4n) is 0.0816. The molecule has 1 amide bonds. The van der Waals surface area contributed by atoms with E-state index in [0.717, 1.165) is 6.08 Å². The minimum atomic E-state index is -0.944. The van der Waals surface area contributed by atoms with Crippen LogP contribution in [0, 0.1) is 0 Å². The number of hydrogen-bond acceptors (Lipinski definition) is 3. The lowest BCUT2D eigenvalue weighted by atomic mass is 10.6. The van der Waals surface area contributed by atoms with E-state index in [-0.39, 0.29) is 0 Å². The highest BCUT2D eigenvalue weighted by Gasteiger charge is 1.97. The van der Waals surface area contributed by atoms with Crippen molar-refractivity contribution in [3.05, 3.63) is 12.7 Å². The fourth-order valence-corrected chi connectivity index (χ4v) is 0.0816. The van der Waals surface area contributed by atoms with Crippen molar-refractivity contribution >= 4 is 5.91 Å². The summed E-state index contributed by atoms with van der Waals surface area (Å²) in [5.74, 6) is -0.944. The molecule has 0 radical (unpaired) electrons. The van der Waals surface area contributed by atoms with Gasteiger partial charge in [-0.05, 0) is 0 Å². The Labute approximate surface area is 40.2 Å². The lowest BCUT2D eigenvalue weighted by molar-refractivity contribution is -0.280. The van der Waals surface area contributed by atoms with Crippen molar-refractivity contribution in [1.82, 2.24) is 5.23 Å². The molecule has 0 saturated carbocycles. The SMILES string of the molecule is C=CC(=O)N(O)O. The number of carbonyl (C=O) groups excluding carboxylic acids is 1. The molecule has 0 bridgehead atoms. The monoisotopic (exact) mass is 103 g/mol. The predicted molar refractivity (Wildman–Crippen MR) is 20.6 cm³/mol. The number of hydroxylamine groups is 2. The van der Waals surface area contributed by atoms with Crippen LogP contribution in [0.15, 0.2) is 12.7 Å². The molecular formula is C3H5NO3. The van der Waals surface area contributed by atoms with E-state index >= 15 is 0 Å². The van der Waals surface area contributed by atoms with Gasteiger partial charge in [-0.25, -0.2) is 0 Å². The topological polar surface area (TPSA) is 60.8 Å². The maximum absolute atomic E-state index is 9.82. The van der Waals surface area contributed by atoms with Crippen LogP contribution in [0.5, 0.6) is 0 Å². The van der Waals surface area contributed by atoms with Crippen molar-refractivity contribution in [2.75, 3.05) is 0 Å². The molecule has 0 spiro atoms. The van der Waals surface area contributed by atoms with Gasteiger partial charge in [0.25, 0.3) is 5.91 Å². The molecule has 0 heterocycles. The number of nitrogens with zero attached hydrogens (tertiary/aromatic N) is 1. The van der Waals surface area contributed by atoms with E-state index < -0.39 is 11.1 Å². The normalized spacial score (nSPS) is 7.71. The summed E-state index contributed by atoms with van der Waals surface area (Å²) in [6.45, 7) is 2.97. The van der Waals surface area contributed by atoms with Crippen molar-refractivity contribution < 1.29 is 15.2 Å². The lowest BCUT2D eigenvalue weighted by Crippen LogP contribution is -2.20. The molecule has 4 heteroatoms. The zero-order chi connectivity index (χ0) is 5.86. The number of rotatable bonds is 1. The maximum atomic E-state index is 9.82. The van der Waals surface area contributed by atoms with Gasteiger partial charge >= 0.3 is 0 Å². The van der Waals surface area contributed by atoms with E-state index in [1.165, 1.54) is 0 Å². The number of amides is 1. The van der Waals surface area contributed by atoms with Crippen molar-refractivity contribution in [3.63, 3.8) is 0 Å². The minimum absolute atomic E-state index is 0.535. The van der Waals surface area contributed by atoms with Gasteiger partial charge in [0.05, 0.1) is 0 Å². The van der Waals surface area contributed by atoms with Gasteiger partial charge in [-0.15, -0.1) is 0 Å². The molecule has 0 unspecified atom stereocenters. The van der Waals surface area contributed by atoms with Gasteiger partial charge in [0, 0.05) is 6.08 Å². The summed E-state index contributed by atoms with van der Waals surface area (Å²) in [4.78, 5) is 9.82. The largest absolute Gasteiger partial charge is 0.295 e. The highest BCUT2D eigenvalue weighted by molar-refractivity contribution is 5.84. The molecule has 0 aliphatic carbocycles. The summed E-state index contributed by atoms with van der Waals surface area (Å²) < 4.78 is 0. The average molecular weight is 103 g/mol. The predicted octanol–water partition coefficient (Wildman–Crippen LogP) is -0.221. The van der Waals surface area contributed by atoms with Crippen LogP contribution < -0.4 is 0 Å². The Morgan fingerprint density at radius 1 is 1.71 bits per heavy atom. The first-order chi connectivity index (χ1) is 3.18. The van der Waals surface area contributed by atoms with Crippen LogP contribution in [0.4, 0.5) is 0 Å². The Morgan fingerprint density at radius 3 is 2.14 bits per heavy atom. The standard InChI is InChI=1S/C3H5NO3/c1-2-3(5)4(6)7/h2,6-7H,1H2. The molecule has 0 atom stereocenters. The van der Waals surface area contributed by atoms with E-state index in [9.17, 15) is 4.79 Å². The minimum Gasteiger partial charge on any atom is -0.265 e. The Bertz CT molecular complexity index is 88.2. The van der Waals surface area contributed by atoms with E-state index in [1.807, 2.05) is 0 Å². The Kier molecular flexibility index (Phi) is 2.04. The molecule has 0 aliphatic rings. The average Bonchev–Trinajstić information content (AvgIpc) is 1.65. The second-order valence-electron chi connectivity index (χ2n) is 0.832. The quantitative estimate of drug-likeness (QED) is 0.274. The van der Waals surface area contributed by atoms with Crippen LogP contribution in [-0.2, 0) is 4.79 Å². The van der Waals surface area contributed by atoms with E-state index in [4.69, 9.17) is 10.4 Å². The zero-order valence-electron chi connectivity index (χ0n) is 3.53. The molecule has 0 aliphatic heterocycles. The van der Waals surface area contributed by atoms with Gasteiger partial charge in [0.2, 0.25) is 0 Å². The van der Waals surface area contributed by atoms with E-state index in [0.29, 0.717) is 0 Å². The van der Waals surface area contributed by atoms with Crippen molar-refractivity contribution in [3.8, 4) is 0 Å². The highest BCUT2D eigenvalue weighted by atomic mass is 16.8. The second-order valence-corrected chi connectivity index (χ2v) is 0.832. The highest BCUT2D eigenvalue weighted by Crippen LogP contribution is 1.73. The van der Waals surface area contributed by atoms with Crippen LogP contribution >= 0.6 is 0 Å². The number of carbonyl (C=O) groups is 1. The van der Waals surface area contributed by atoms with Gasteiger partial charge in [-0.1, -0.05) is 11.8 Å². The first kappa shape index (κ1) is 6.13. The molecule has 0 saturated heterocycles. The molecule has 0 rings (SSSR count). The molecule has 0 fully saturated rings. The van der Waals surface area contributed by atoms with Crippen LogP contribution in [0.3, 0.4) is 0 Å². The zero-order valence-corrected chi connectivity index (χ0v) is 3.53. The van der Waals surface area contributed by atoms with Crippen molar-refractivity contribution in [1.29, 1.82) is 0 Å². The van der Waals surface area contributed by atoms with Crippen LogP contribution in [0.1, 0.15) is 0 Å². The van der Waals surface area contributed by atoms with Crippen molar-refractivity contribution in [2.24, 2.45) is 0 Å². The van der Waals surface area contributed by atoms with Crippen LogP contribution in [-0.4, -0.2) is 21.5 Å². The van der Waals surface area contributed by atoms with E-state index in [1.54, 1.807) is 0 Å². The molecule has 2 N–H and O–H groups in total. The van der Waals surface area contributed by atoms with Gasteiger partial charge in [0.1, 0.15) is 0 Å². The summed E-state index contributed by atoms with van der Waals surface area (Å²) in [7, 11) is 0. The first-order valence-corrected chi connectivity index (χ1v) is 1.52. The lowest BCUT2D eigenvalue weighted by Gasteiger charge is -1.97. The molecular weight excluding hydrogens is 98.0 g/mol. The van der Waals surface area contributed by atoms with Gasteiger partial charge in [0.15, 0.2) is 0 Å². The molecule has 40 valence electrons. The molecule has 0 aromatic heterocycles. The summed E-state index contributed by atoms with van der Waals surface area (Å²) in [6, 6.07) is 0. The fraction of sp³-hybridized carbons (Fsp3) is 0. The van der Waals surface area contributed by atoms with Gasteiger partial charge < -0.3 is 0 Å². The summed E-state index contributed by atoms with van der Waals surface area (Å²) in [5.41, 5.74) is 0. The smallest absolute Gasteiger partial charge is 0.265 e. The summed E-state index contributed by atoms with van der Waals surface area (Å²) in [5, 5.41) is 15.0. The van der Waals surface area contributed by atoms with Crippen molar-refractivity contribution in [2.45, 2.75) is 0 Å². The first-order valence-electron chi connectivity index (χ1n) is 1.52. The molecule has 0 aromatic carbocycles. The third-order valence-corrected chi connectivity index (χ3v) is 0.372. The molecule has 7 heavy (non-hydrogen) atoms. The van der Waals surface area contributed by atoms with E-state index in [2.05, 4.69) is 6.58 Å². The van der Waals surface area contributed by atoms with Gasteiger partial charge in [-0.3, -0.25) is 15.2 Å². The summed E-state index contributed by atoms with van der Waals surface area (Å²) in [6.07, 6.45) is 0.778. The maximum Gasteiger partial charge on any atom is 0.295 e. The third kappa shape index (κ3) is 1.91. The Morgan fingerprint density at radius 2 is 2.14 bits per heavy atom. The van der Waals surface area contributed by atoms with Gasteiger partial charge in [-0.2, -0.15) is 0 Å². The molecule has 0 aromatic rings. The third-order valence-electron chi connectivity index (χ3n) is 0.372. The Hall–Kier alpha value is -0.870. The second kappa shape index (κ2) is 2.33. The Balaban J connectivity index is 3.56. The van der Waals surface area contributed by atoms with Crippen LogP contribution in [0.2, 0.25) is 0 Å². The summed E-state index contributed by atoms with van der Waals surface area (Å²) >= 11 is 0. The van der Waals surface area contributed by atoms with Crippen LogP contribution in [0.25, 0.3) is 0 Å². The number of hydrogen-bond donors (Lipinski definition) is 2.